The van der Waals surface area contributed by atoms with Gasteiger partial charge in [-0.25, -0.2) is 0 Å². The monoisotopic (exact) mass is 617 g/mol. The predicted molar refractivity (Wildman–Crippen MR) is 163 cm³/mol. The Labute approximate surface area is 261 Å². The van der Waals surface area contributed by atoms with Gasteiger partial charge in [-0.2, -0.15) is 5.10 Å². The molecule has 0 bridgehead atoms. The molecule has 5 heterocycles. The number of imide groups is 2. The van der Waals surface area contributed by atoms with Gasteiger partial charge < -0.3 is 15.1 Å². The number of nitrogens with zero attached hydrogens (tertiary/aromatic N) is 4. The second-order valence-electron chi connectivity index (χ2n) is 11.0. The molecule has 5 amide bonds. The third-order valence-electron chi connectivity index (χ3n) is 8.00. The number of rotatable bonds is 9. The fourth-order valence-electron chi connectivity index (χ4n) is 5.81. The molecule has 7 rings (SSSR count). The minimum atomic E-state index is -1.05. The molecular formula is C33H27N7O6. The Morgan fingerprint density at radius 1 is 1.02 bits per heavy atom. The van der Waals surface area contributed by atoms with E-state index in [1.54, 1.807) is 43.0 Å². The fraction of sp³-hybridized carbons (Fsp3) is 0.182. The zero-order valence-corrected chi connectivity index (χ0v) is 24.3. The van der Waals surface area contributed by atoms with Gasteiger partial charge in [0.15, 0.2) is 0 Å². The summed E-state index contributed by atoms with van der Waals surface area (Å²) < 4.78 is 7.56. The molecule has 2 aliphatic rings. The highest BCUT2D eigenvalue weighted by molar-refractivity contribution is 6.25. The maximum atomic E-state index is 13.4. The molecule has 0 aliphatic carbocycles. The van der Waals surface area contributed by atoms with Crippen LogP contribution in [0, 0.1) is 0 Å². The first kappa shape index (κ1) is 28.6. The largest absolute Gasteiger partial charge is 0.459 e. The zero-order chi connectivity index (χ0) is 31.8. The standard InChI is InChI=1S/C33H27N7O6/c41-27-11-10-24(31(43)38-27)40-32(44)22-7-3-8-23(29(22)33(40)45)35-14-19-15-36-39(17-19)18-28(42)37-30(21-6-4-12-34-16-21)26-13-20-5-1-2-9-25(20)46-26/h1-9,12-13,15-17,24,30,35H,10-11,14,18H2,(H,37,42)(H,38,41,43). The maximum Gasteiger partial charge on any atom is 0.264 e. The van der Waals surface area contributed by atoms with Gasteiger partial charge in [0.05, 0.1) is 17.3 Å². The zero-order valence-electron chi connectivity index (χ0n) is 24.3. The van der Waals surface area contributed by atoms with Crippen LogP contribution < -0.4 is 16.0 Å². The number of carbonyl (C=O) groups excluding carboxylic acids is 5. The second-order valence-corrected chi connectivity index (χ2v) is 11.0. The minimum absolute atomic E-state index is 0.0426. The highest BCUT2D eigenvalue weighted by atomic mass is 16.3. The summed E-state index contributed by atoms with van der Waals surface area (Å²) in [5.74, 6) is -2.00. The Bertz CT molecular complexity index is 1980. The molecule has 5 aromatic rings. The molecule has 2 aromatic carbocycles. The smallest absolute Gasteiger partial charge is 0.264 e. The van der Waals surface area contributed by atoms with Crippen molar-refractivity contribution in [3.05, 3.63) is 113 Å². The number of amides is 5. The molecule has 0 spiro atoms. The predicted octanol–water partition coefficient (Wildman–Crippen LogP) is 2.94. The lowest BCUT2D eigenvalue weighted by Crippen LogP contribution is -2.54. The lowest BCUT2D eigenvalue weighted by Gasteiger charge is -2.27. The molecule has 0 radical (unpaired) electrons. The van der Waals surface area contributed by atoms with Gasteiger partial charge in [0.25, 0.3) is 11.8 Å². The van der Waals surface area contributed by atoms with E-state index in [0.29, 0.717) is 17.0 Å². The number of hydrogen-bond acceptors (Lipinski definition) is 9. The summed E-state index contributed by atoms with van der Waals surface area (Å²) >= 11 is 0. The van der Waals surface area contributed by atoms with E-state index in [1.165, 1.54) is 10.7 Å². The lowest BCUT2D eigenvalue weighted by molar-refractivity contribution is -0.136. The molecule has 230 valence electrons. The lowest BCUT2D eigenvalue weighted by atomic mass is 10.0. The topological polar surface area (TPSA) is 169 Å². The number of aromatic nitrogens is 3. The van der Waals surface area contributed by atoms with Crippen molar-refractivity contribution < 1.29 is 28.4 Å². The molecule has 3 N–H and O–H groups in total. The number of carbonyl (C=O) groups is 5. The number of piperidine rings is 1. The van der Waals surface area contributed by atoms with Crippen LogP contribution in [0.4, 0.5) is 5.69 Å². The van der Waals surface area contributed by atoms with Crippen LogP contribution >= 0.6 is 0 Å². The molecule has 0 saturated carbocycles. The summed E-state index contributed by atoms with van der Waals surface area (Å²) in [6.45, 7) is 0.181. The van der Waals surface area contributed by atoms with E-state index in [1.807, 2.05) is 36.4 Å². The van der Waals surface area contributed by atoms with Crippen LogP contribution in [0.15, 0.2) is 89.9 Å². The number of para-hydroxylation sites is 1. The molecule has 13 heteroatoms. The van der Waals surface area contributed by atoms with Crippen molar-refractivity contribution in [2.45, 2.75) is 38.0 Å². The maximum absolute atomic E-state index is 13.4. The number of hydrogen-bond donors (Lipinski definition) is 3. The number of furan rings is 1. The van der Waals surface area contributed by atoms with Crippen LogP contribution in [0.1, 0.15) is 56.5 Å². The van der Waals surface area contributed by atoms with Gasteiger partial charge in [-0.15, -0.1) is 0 Å². The van der Waals surface area contributed by atoms with Crippen LogP contribution in [-0.2, 0) is 27.5 Å². The quantitative estimate of drug-likeness (QED) is 0.211. The van der Waals surface area contributed by atoms with Crippen LogP contribution in [0.3, 0.4) is 0 Å². The molecule has 46 heavy (non-hydrogen) atoms. The van der Waals surface area contributed by atoms with Crippen LogP contribution in [-0.4, -0.2) is 55.2 Å². The van der Waals surface area contributed by atoms with Gasteiger partial charge >= 0.3 is 0 Å². The number of fused-ring (bicyclic) bond motifs is 2. The summed E-state index contributed by atoms with van der Waals surface area (Å²) in [5, 5.41) is 13.7. The number of anilines is 1. The van der Waals surface area contributed by atoms with Crippen molar-refractivity contribution in [1.29, 1.82) is 0 Å². The number of benzene rings is 2. The van der Waals surface area contributed by atoms with Crippen LogP contribution in [0.5, 0.6) is 0 Å². The van der Waals surface area contributed by atoms with E-state index in [4.69, 9.17) is 4.42 Å². The van der Waals surface area contributed by atoms with E-state index >= 15 is 0 Å². The summed E-state index contributed by atoms with van der Waals surface area (Å²) in [7, 11) is 0. The van der Waals surface area contributed by atoms with E-state index in [0.717, 1.165) is 21.4 Å². The van der Waals surface area contributed by atoms with Gasteiger partial charge in [-0.05, 0) is 36.8 Å². The Morgan fingerprint density at radius 2 is 1.89 bits per heavy atom. The third kappa shape index (κ3) is 5.38. The average Bonchev–Trinajstić information content (AvgIpc) is 3.76. The van der Waals surface area contributed by atoms with Gasteiger partial charge in [0.2, 0.25) is 17.7 Å². The fourth-order valence-corrected chi connectivity index (χ4v) is 5.81. The highest BCUT2D eigenvalue weighted by Gasteiger charge is 2.45. The molecule has 2 aliphatic heterocycles. The highest BCUT2D eigenvalue weighted by Crippen LogP contribution is 2.33. The first-order chi connectivity index (χ1) is 22.4. The Balaban J connectivity index is 1.03. The normalized spacial score (nSPS) is 16.8. The molecule has 13 nitrogen and oxygen atoms in total. The van der Waals surface area contributed by atoms with Crippen LogP contribution in [0.2, 0.25) is 0 Å². The second kappa shape index (κ2) is 11.8. The van der Waals surface area contributed by atoms with Crippen LogP contribution in [0.25, 0.3) is 11.0 Å². The first-order valence-electron chi connectivity index (χ1n) is 14.6. The van der Waals surface area contributed by atoms with Crippen molar-refractivity contribution in [2.75, 3.05) is 5.32 Å². The molecule has 2 unspecified atom stereocenters. The first-order valence-corrected chi connectivity index (χ1v) is 14.6. The summed E-state index contributed by atoms with van der Waals surface area (Å²) in [4.78, 5) is 68.8. The van der Waals surface area contributed by atoms with Crippen molar-refractivity contribution in [3.63, 3.8) is 0 Å². The van der Waals surface area contributed by atoms with Gasteiger partial charge in [0.1, 0.15) is 30.0 Å². The molecule has 1 saturated heterocycles. The Hall–Kier alpha value is -6.11. The number of nitrogens with one attached hydrogen (secondary N) is 3. The molecular weight excluding hydrogens is 590 g/mol. The summed E-state index contributed by atoms with van der Waals surface area (Å²) in [5.41, 5.74) is 2.96. The van der Waals surface area contributed by atoms with Crippen molar-refractivity contribution in [2.24, 2.45) is 0 Å². The third-order valence-corrected chi connectivity index (χ3v) is 8.00. The van der Waals surface area contributed by atoms with Gasteiger partial charge in [-0.3, -0.25) is 43.9 Å². The summed E-state index contributed by atoms with van der Waals surface area (Å²) in [6.07, 6.45) is 6.77. The van der Waals surface area contributed by atoms with E-state index < -0.39 is 35.7 Å². The Kier molecular flexibility index (Phi) is 7.33. The van der Waals surface area contributed by atoms with Crippen molar-refractivity contribution in [3.8, 4) is 0 Å². The summed E-state index contributed by atoms with van der Waals surface area (Å²) in [6, 6.07) is 16.4. The number of pyridine rings is 1. The molecule has 3 aromatic heterocycles. The van der Waals surface area contributed by atoms with E-state index in [-0.39, 0.29) is 43.0 Å². The minimum Gasteiger partial charge on any atom is -0.459 e. The van der Waals surface area contributed by atoms with Crippen molar-refractivity contribution >= 4 is 46.2 Å². The van der Waals surface area contributed by atoms with Crippen molar-refractivity contribution in [1.82, 2.24) is 30.3 Å². The Morgan fingerprint density at radius 3 is 2.70 bits per heavy atom. The van der Waals surface area contributed by atoms with E-state index in [9.17, 15) is 24.0 Å². The molecule has 2 atom stereocenters. The average molecular weight is 618 g/mol. The SMILES string of the molecule is O=C1CCC(N2C(=O)c3cccc(NCc4cnn(CC(=O)NC(c5cccnc5)c5cc6ccccc6o5)c4)c3C2=O)C(=O)N1. The van der Waals surface area contributed by atoms with Gasteiger partial charge in [0, 0.05) is 53.8 Å². The van der Waals surface area contributed by atoms with E-state index in [2.05, 4.69) is 26.0 Å². The van der Waals surface area contributed by atoms with Gasteiger partial charge in [-0.1, -0.05) is 30.3 Å². The molecule has 1 fully saturated rings.